The minimum absolute atomic E-state index is 0.0735. The molecular formula is C15H16N2O2. The molecule has 3 rings (SSSR count). The molecule has 19 heavy (non-hydrogen) atoms. The highest BCUT2D eigenvalue weighted by Crippen LogP contribution is 2.30. The number of H-pyrrole nitrogens is 1. The molecule has 4 nitrogen and oxygen atoms in total. The van der Waals surface area contributed by atoms with Crippen molar-refractivity contribution in [2.75, 3.05) is 5.32 Å². The summed E-state index contributed by atoms with van der Waals surface area (Å²) in [5, 5.41) is 3.90. The van der Waals surface area contributed by atoms with E-state index >= 15 is 0 Å². The zero-order valence-corrected chi connectivity index (χ0v) is 11.0. The van der Waals surface area contributed by atoms with Gasteiger partial charge in [-0.1, -0.05) is 6.07 Å². The Morgan fingerprint density at radius 2 is 2.00 bits per heavy atom. The van der Waals surface area contributed by atoms with Gasteiger partial charge in [0.2, 0.25) is 5.91 Å². The van der Waals surface area contributed by atoms with Gasteiger partial charge in [-0.15, -0.1) is 0 Å². The van der Waals surface area contributed by atoms with Gasteiger partial charge in [-0.25, -0.2) is 0 Å². The van der Waals surface area contributed by atoms with Gasteiger partial charge in [0.05, 0.1) is 5.52 Å². The van der Waals surface area contributed by atoms with Crippen molar-refractivity contribution < 1.29 is 4.79 Å². The summed E-state index contributed by atoms with van der Waals surface area (Å²) in [7, 11) is 0. The van der Waals surface area contributed by atoms with Crippen LogP contribution in [0.3, 0.4) is 0 Å². The van der Waals surface area contributed by atoms with E-state index in [1.807, 2.05) is 32.0 Å². The second-order valence-electron chi connectivity index (χ2n) is 5.23. The zero-order valence-electron chi connectivity index (χ0n) is 11.0. The first-order valence-corrected chi connectivity index (χ1v) is 6.50. The molecule has 1 aliphatic rings. The number of aromatic amines is 1. The molecule has 1 amide bonds. The Kier molecular flexibility index (Phi) is 2.66. The highest BCUT2D eigenvalue weighted by molar-refractivity contribution is 5.96. The summed E-state index contributed by atoms with van der Waals surface area (Å²) in [5.74, 6) is 0.250. The predicted molar refractivity (Wildman–Crippen MR) is 75.4 cm³/mol. The van der Waals surface area contributed by atoms with Crippen LogP contribution in [0.5, 0.6) is 0 Å². The number of aryl methyl sites for hydroxylation is 1. The van der Waals surface area contributed by atoms with Gasteiger partial charge in [0, 0.05) is 22.6 Å². The maximum absolute atomic E-state index is 11.8. The summed E-state index contributed by atoms with van der Waals surface area (Å²) in [4.78, 5) is 26.3. The van der Waals surface area contributed by atoms with Gasteiger partial charge in [-0.3, -0.25) is 9.59 Å². The van der Waals surface area contributed by atoms with Crippen LogP contribution in [0.2, 0.25) is 0 Å². The lowest BCUT2D eigenvalue weighted by Gasteiger charge is -2.08. The quantitative estimate of drug-likeness (QED) is 0.867. The standard InChI is InChI=1S/C15H16N2O2/c1-8-9(2)14(18)17-13-7-11(5-6-12(8)13)16-15(19)10-3-4-10/h5-7,10H,3-4H2,1-2H3,(H,16,19)(H,17,18). The minimum atomic E-state index is -0.0735. The number of carbonyl (C=O) groups is 1. The van der Waals surface area contributed by atoms with Crippen LogP contribution in [0.4, 0.5) is 5.69 Å². The Morgan fingerprint density at radius 3 is 2.68 bits per heavy atom. The van der Waals surface area contributed by atoms with Crippen LogP contribution in [0, 0.1) is 19.8 Å². The summed E-state index contributed by atoms with van der Waals surface area (Å²) < 4.78 is 0. The summed E-state index contributed by atoms with van der Waals surface area (Å²) in [6.45, 7) is 3.76. The molecule has 0 bridgehead atoms. The van der Waals surface area contributed by atoms with Crippen molar-refractivity contribution in [2.45, 2.75) is 26.7 Å². The fourth-order valence-corrected chi connectivity index (χ4v) is 2.23. The van der Waals surface area contributed by atoms with E-state index in [0.29, 0.717) is 0 Å². The Labute approximate surface area is 110 Å². The molecule has 0 atom stereocenters. The highest BCUT2D eigenvalue weighted by Gasteiger charge is 2.29. The molecule has 1 aromatic carbocycles. The minimum Gasteiger partial charge on any atom is -0.326 e. The van der Waals surface area contributed by atoms with Crippen molar-refractivity contribution in [1.29, 1.82) is 0 Å². The monoisotopic (exact) mass is 256 g/mol. The summed E-state index contributed by atoms with van der Waals surface area (Å²) in [5.41, 5.74) is 3.15. The van der Waals surface area contributed by atoms with Crippen LogP contribution in [-0.4, -0.2) is 10.9 Å². The van der Waals surface area contributed by atoms with E-state index in [1.165, 1.54) is 0 Å². The zero-order chi connectivity index (χ0) is 13.6. The molecule has 0 unspecified atom stereocenters. The molecule has 98 valence electrons. The Hall–Kier alpha value is -2.10. The Bertz CT molecular complexity index is 727. The lowest BCUT2D eigenvalue weighted by molar-refractivity contribution is -0.117. The third kappa shape index (κ3) is 2.14. The average molecular weight is 256 g/mol. The molecule has 4 heteroatoms. The first-order valence-electron chi connectivity index (χ1n) is 6.50. The van der Waals surface area contributed by atoms with Crippen LogP contribution in [0.15, 0.2) is 23.0 Å². The Balaban J connectivity index is 2.03. The number of hydrogen-bond donors (Lipinski definition) is 2. The number of hydrogen-bond acceptors (Lipinski definition) is 2. The van der Waals surface area contributed by atoms with Crippen LogP contribution >= 0.6 is 0 Å². The van der Waals surface area contributed by atoms with Crippen molar-refractivity contribution in [3.8, 4) is 0 Å². The van der Waals surface area contributed by atoms with Crippen molar-refractivity contribution in [3.05, 3.63) is 39.7 Å². The number of nitrogens with one attached hydrogen (secondary N) is 2. The number of rotatable bonds is 2. The first-order chi connectivity index (χ1) is 9.06. The molecule has 1 aliphatic carbocycles. The molecule has 1 heterocycles. The number of anilines is 1. The largest absolute Gasteiger partial charge is 0.326 e. The molecular weight excluding hydrogens is 240 g/mol. The maximum Gasteiger partial charge on any atom is 0.251 e. The lowest BCUT2D eigenvalue weighted by Crippen LogP contribution is -2.14. The molecule has 0 radical (unpaired) electrons. The molecule has 2 aromatic rings. The fourth-order valence-electron chi connectivity index (χ4n) is 2.23. The number of aromatic nitrogens is 1. The van der Waals surface area contributed by atoms with Crippen molar-refractivity contribution in [1.82, 2.24) is 4.98 Å². The SMILES string of the molecule is Cc1c(C)c2ccc(NC(=O)C3CC3)cc2[nH]c1=O. The third-order valence-electron chi connectivity index (χ3n) is 3.79. The molecule has 2 N–H and O–H groups in total. The van der Waals surface area contributed by atoms with E-state index < -0.39 is 0 Å². The number of amides is 1. The van der Waals surface area contributed by atoms with Crippen LogP contribution in [-0.2, 0) is 4.79 Å². The summed E-state index contributed by atoms with van der Waals surface area (Å²) in [6, 6.07) is 5.65. The van der Waals surface area contributed by atoms with E-state index in [2.05, 4.69) is 10.3 Å². The molecule has 1 aromatic heterocycles. The molecule has 1 fully saturated rings. The van der Waals surface area contributed by atoms with Gasteiger partial charge < -0.3 is 10.3 Å². The van der Waals surface area contributed by atoms with E-state index in [1.54, 1.807) is 0 Å². The van der Waals surface area contributed by atoms with Gasteiger partial charge in [0.15, 0.2) is 0 Å². The Morgan fingerprint density at radius 1 is 1.26 bits per heavy atom. The number of fused-ring (bicyclic) bond motifs is 1. The smallest absolute Gasteiger partial charge is 0.251 e. The van der Waals surface area contributed by atoms with E-state index in [4.69, 9.17) is 0 Å². The van der Waals surface area contributed by atoms with Crippen molar-refractivity contribution in [2.24, 2.45) is 5.92 Å². The average Bonchev–Trinajstić information content (AvgIpc) is 3.20. The van der Waals surface area contributed by atoms with Gasteiger partial charge >= 0.3 is 0 Å². The van der Waals surface area contributed by atoms with Crippen LogP contribution in [0.25, 0.3) is 10.9 Å². The van der Waals surface area contributed by atoms with Crippen LogP contribution < -0.4 is 10.9 Å². The fraction of sp³-hybridized carbons (Fsp3) is 0.333. The summed E-state index contributed by atoms with van der Waals surface area (Å²) in [6.07, 6.45) is 1.96. The van der Waals surface area contributed by atoms with Gasteiger partial charge in [0.1, 0.15) is 0 Å². The third-order valence-corrected chi connectivity index (χ3v) is 3.79. The molecule has 0 saturated heterocycles. The number of carbonyl (C=O) groups excluding carboxylic acids is 1. The molecule has 1 saturated carbocycles. The maximum atomic E-state index is 11.8. The van der Waals surface area contributed by atoms with Gasteiger partial charge in [-0.05, 0) is 44.4 Å². The predicted octanol–water partition coefficient (Wildman–Crippen LogP) is 2.49. The normalized spacial score (nSPS) is 14.6. The van der Waals surface area contributed by atoms with Crippen LogP contribution in [0.1, 0.15) is 24.0 Å². The lowest BCUT2D eigenvalue weighted by atomic mass is 10.1. The molecule has 0 aliphatic heterocycles. The molecule has 0 spiro atoms. The van der Waals surface area contributed by atoms with E-state index in [0.717, 1.165) is 40.6 Å². The highest BCUT2D eigenvalue weighted by atomic mass is 16.2. The second-order valence-corrected chi connectivity index (χ2v) is 5.23. The number of pyridine rings is 1. The summed E-state index contributed by atoms with van der Waals surface area (Å²) >= 11 is 0. The van der Waals surface area contributed by atoms with E-state index in [-0.39, 0.29) is 17.4 Å². The second kappa shape index (κ2) is 4.23. The van der Waals surface area contributed by atoms with Crippen molar-refractivity contribution >= 4 is 22.5 Å². The van der Waals surface area contributed by atoms with Crippen molar-refractivity contribution in [3.63, 3.8) is 0 Å². The van der Waals surface area contributed by atoms with Gasteiger partial charge in [-0.2, -0.15) is 0 Å². The van der Waals surface area contributed by atoms with E-state index in [9.17, 15) is 9.59 Å². The number of benzene rings is 1. The first kappa shape index (κ1) is 12.0. The van der Waals surface area contributed by atoms with Gasteiger partial charge in [0.25, 0.3) is 5.56 Å². The topological polar surface area (TPSA) is 62.0 Å².